The summed E-state index contributed by atoms with van der Waals surface area (Å²) in [5.41, 5.74) is 4.55. The first kappa shape index (κ1) is 21.6. The summed E-state index contributed by atoms with van der Waals surface area (Å²) >= 11 is 0. The van der Waals surface area contributed by atoms with Crippen LogP contribution >= 0.6 is 0 Å². The van der Waals surface area contributed by atoms with Gasteiger partial charge < -0.3 is 14.4 Å². The fraction of sp³-hybridized carbons (Fsp3) is 0.320. The highest BCUT2D eigenvalue weighted by atomic mass is 16.5. The van der Waals surface area contributed by atoms with Crippen molar-refractivity contribution in [1.82, 2.24) is 14.7 Å². The maximum Gasteiger partial charge on any atom is 0.267 e. The average molecular weight is 434 g/mol. The van der Waals surface area contributed by atoms with E-state index in [-0.39, 0.29) is 11.5 Å². The number of carbonyl (C=O) groups excluding carboxylic acids is 1. The number of rotatable bonds is 5. The van der Waals surface area contributed by atoms with E-state index in [1.54, 1.807) is 32.1 Å². The predicted octanol–water partition coefficient (Wildman–Crippen LogP) is 3.38. The Morgan fingerprint density at radius 3 is 2.31 bits per heavy atom. The fourth-order valence-electron chi connectivity index (χ4n) is 4.02. The molecular formula is C25H27N3O4. The third kappa shape index (κ3) is 4.10. The number of hydrogen-bond donors (Lipinski definition) is 0. The maximum atomic E-state index is 13.3. The number of aryl methyl sites for hydroxylation is 1. The van der Waals surface area contributed by atoms with Gasteiger partial charge in [0.2, 0.25) is 5.91 Å². The van der Waals surface area contributed by atoms with E-state index in [2.05, 4.69) is 5.10 Å². The smallest absolute Gasteiger partial charge is 0.267 e. The molecule has 0 bridgehead atoms. The van der Waals surface area contributed by atoms with Gasteiger partial charge in [0.15, 0.2) is 11.5 Å². The first-order valence-electron chi connectivity index (χ1n) is 10.6. The Kier molecular flexibility index (Phi) is 5.99. The van der Waals surface area contributed by atoms with Crippen molar-refractivity contribution >= 4 is 5.91 Å². The summed E-state index contributed by atoms with van der Waals surface area (Å²) in [6.07, 6.45) is 0.708. The van der Waals surface area contributed by atoms with Crippen molar-refractivity contribution in [2.24, 2.45) is 0 Å². The van der Waals surface area contributed by atoms with Gasteiger partial charge in [-0.2, -0.15) is 5.10 Å². The van der Waals surface area contributed by atoms with Crippen LogP contribution in [0.5, 0.6) is 11.5 Å². The minimum Gasteiger partial charge on any atom is -0.493 e. The van der Waals surface area contributed by atoms with E-state index < -0.39 is 6.04 Å². The number of hydrogen-bond acceptors (Lipinski definition) is 5. The lowest BCUT2D eigenvalue weighted by Crippen LogP contribution is -2.42. The normalized spacial score (nSPS) is 13.9. The van der Waals surface area contributed by atoms with Gasteiger partial charge in [0.25, 0.3) is 5.56 Å². The molecule has 0 radical (unpaired) electrons. The summed E-state index contributed by atoms with van der Waals surface area (Å²) in [6, 6.07) is 14.2. The number of aromatic nitrogens is 2. The molecule has 1 aliphatic rings. The van der Waals surface area contributed by atoms with E-state index in [4.69, 9.17) is 9.47 Å². The lowest BCUT2D eigenvalue weighted by Gasteiger charge is -2.31. The largest absolute Gasteiger partial charge is 0.493 e. The van der Waals surface area contributed by atoms with Gasteiger partial charge in [-0.1, -0.05) is 29.8 Å². The second kappa shape index (κ2) is 8.86. The second-order valence-electron chi connectivity index (χ2n) is 8.03. The fourth-order valence-corrected chi connectivity index (χ4v) is 4.02. The Labute approximate surface area is 187 Å². The Hall–Kier alpha value is -3.61. The van der Waals surface area contributed by atoms with Crippen molar-refractivity contribution in [1.29, 1.82) is 0 Å². The molecule has 7 nitrogen and oxygen atoms in total. The lowest BCUT2D eigenvalue weighted by molar-refractivity contribution is -0.135. The summed E-state index contributed by atoms with van der Waals surface area (Å²) in [7, 11) is 3.21. The Bertz CT molecular complexity index is 1200. The third-order valence-corrected chi connectivity index (χ3v) is 5.93. The monoisotopic (exact) mass is 433 g/mol. The number of amides is 1. The van der Waals surface area contributed by atoms with Crippen LogP contribution in [0.3, 0.4) is 0 Å². The molecule has 1 aliphatic heterocycles. The predicted molar refractivity (Wildman–Crippen MR) is 122 cm³/mol. The van der Waals surface area contributed by atoms with Crippen molar-refractivity contribution in [2.75, 3.05) is 20.8 Å². The highest BCUT2D eigenvalue weighted by Crippen LogP contribution is 2.33. The van der Waals surface area contributed by atoms with Crippen LogP contribution in [-0.4, -0.2) is 41.4 Å². The first-order chi connectivity index (χ1) is 15.4. The van der Waals surface area contributed by atoms with Crippen molar-refractivity contribution < 1.29 is 14.3 Å². The topological polar surface area (TPSA) is 73.7 Å². The molecule has 2 aromatic carbocycles. The zero-order valence-electron chi connectivity index (χ0n) is 18.8. The summed E-state index contributed by atoms with van der Waals surface area (Å²) in [5, 5.41) is 4.50. The van der Waals surface area contributed by atoms with Crippen LogP contribution in [0.2, 0.25) is 0 Å². The molecule has 0 aliphatic carbocycles. The number of benzene rings is 2. The van der Waals surface area contributed by atoms with Crippen LogP contribution in [-0.2, 0) is 17.8 Å². The molecule has 1 amide bonds. The van der Waals surface area contributed by atoms with E-state index in [1.807, 2.05) is 43.3 Å². The molecule has 166 valence electrons. The minimum absolute atomic E-state index is 0.138. The highest BCUT2D eigenvalue weighted by Gasteiger charge is 2.28. The average Bonchev–Trinajstić information content (AvgIpc) is 2.82. The summed E-state index contributed by atoms with van der Waals surface area (Å²) in [4.78, 5) is 27.6. The van der Waals surface area contributed by atoms with Crippen molar-refractivity contribution in [3.63, 3.8) is 0 Å². The van der Waals surface area contributed by atoms with Gasteiger partial charge >= 0.3 is 0 Å². The molecule has 0 spiro atoms. The van der Waals surface area contributed by atoms with Gasteiger partial charge in [0, 0.05) is 24.7 Å². The van der Waals surface area contributed by atoms with Gasteiger partial charge in [-0.25, -0.2) is 4.68 Å². The van der Waals surface area contributed by atoms with Gasteiger partial charge in [0.05, 0.1) is 19.9 Å². The number of methoxy groups -OCH3 is 2. The number of nitrogens with zero attached hydrogens (tertiary/aromatic N) is 3. The van der Waals surface area contributed by atoms with Crippen LogP contribution in [0, 0.1) is 6.92 Å². The standard InChI is InChI=1S/C25H27N3O4/c1-16-5-7-18(8-6-16)21-9-10-24(29)28(26-21)17(2)25(30)27-12-11-19-13-22(31-3)23(32-4)14-20(19)15-27/h5-10,13-14,17H,11-12,15H2,1-4H3. The van der Waals surface area contributed by atoms with E-state index in [0.717, 1.165) is 22.3 Å². The summed E-state index contributed by atoms with van der Waals surface area (Å²) in [5.74, 6) is 1.18. The lowest BCUT2D eigenvalue weighted by atomic mass is 9.98. The second-order valence-corrected chi connectivity index (χ2v) is 8.03. The van der Waals surface area contributed by atoms with Crippen LogP contribution in [0.15, 0.2) is 53.3 Å². The Morgan fingerprint density at radius 1 is 1.00 bits per heavy atom. The van der Waals surface area contributed by atoms with Gasteiger partial charge in [-0.3, -0.25) is 9.59 Å². The molecule has 32 heavy (non-hydrogen) atoms. The molecular weight excluding hydrogens is 406 g/mol. The van der Waals surface area contributed by atoms with Crippen molar-refractivity contribution in [2.45, 2.75) is 32.9 Å². The Balaban J connectivity index is 1.59. The van der Waals surface area contributed by atoms with E-state index in [0.29, 0.717) is 36.7 Å². The minimum atomic E-state index is -0.713. The van der Waals surface area contributed by atoms with E-state index in [9.17, 15) is 9.59 Å². The molecule has 4 rings (SSSR count). The van der Waals surface area contributed by atoms with Gasteiger partial charge in [0.1, 0.15) is 6.04 Å². The zero-order valence-corrected chi connectivity index (χ0v) is 18.8. The van der Waals surface area contributed by atoms with E-state index in [1.165, 1.54) is 10.7 Å². The SMILES string of the molecule is COc1cc2c(cc1OC)CN(C(=O)C(C)n1nc(-c3ccc(C)cc3)ccc1=O)CC2. The molecule has 0 saturated carbocycles. The number of carbonyl (C=O) groups is 1. The molecule has 2 heterocycles. The Morgan fingerprint density at radius 2 is 1.66 bits per heavy atom. The first-order valence-corrected chi connectivity index (χ1v) is 10.6. The third-order valence-electron chi connectivity index (χ3n) is 5.93. The van der Waals surface area contributed by atoms with Crippen molar-refractivity contribution in [3.8, 4) is 22.8 Å². The maximum absolute atomic E-state index is 13.3. The molecule has 1 atom stereocenters. The van der Waals surface area contributed by atoms with Gasteiger partial charge in [-0.15, -0.1) is 0 Å². The quantitative estimate of drug-likeness (QED) is 0.617. The number of fused-ring (bicyclic) bond motifs is 1. The molecule has 3 aromatic rings. The summed E-state index contributed by atoms with van der Waals surface area (Å²) < 4.78 is 12.1. The highest BCUT2D eigenvalue weighted by molar-refractivity contribution is 5.80. The molecule has 1 unspecified atom stereocenters. The molecule has 0 fully saturated rings. The zero-order chi connectivity index (χ0) is 22.8. The molecule has 1 aromatic heterocycles. The molecule has 0 saturated heterocycles. The van der Waals surface area contributed by atoms with Crippen LogP contribution < -0.4 is 15.0 Å². The van der Waals surface area contributed by atoms with Crippen LogP contribution in [0.1, 0.15) is 29.7 Å². The number of ether oxygens (including phenoxy) is 2. The van der Waals surface area contributed by atoms with E-state index >= 15 is 0 Å². The molecule has 7 heteroatoms. The molecule has 0 N–H and O–H groups in total. The van der Waals surface area contributed by atoms with Crippen molar-refractivity contribution in [3.05, 3.63) is 75.6 Å². The van der Waals surface area contributed by atoms with Crippen LogP contribution in [0.4, 0.5) is 0 Å². The van der Waals surface area contributed by atoms with Gasteiger partial charge in [-0.05, 0) is 49.6 Å². The van der Waals surface area contributed by atoms with Crippen LogP contribution in [0.25, 0.3) is 11.3 Å². The summed E-state index contributed by atoms with van der Waals surface area (Å²) in [6.45, 7) is 4.75.